The van der Waals surface area contributed by atoms with Crippen molar-refractivity contribution in [2.75, 3.05) is 13.1 Å². The van der Waals surface area contributed by atoms with Gasteiger partial charge in [0.2, 0.25) is 11.7 Å². The molecular weight excluding hydrogens is 318 g/mol. The summed E-state index contributed by atoms with van der Waals surface area (Å²) < 4.78 is 1.57. The van der Waals surface area contributed by atoms with Crippen LogP contribution in [0.15, 0.2) is 24.3 Å². The summed E-state index contributed by atoms with van der Waals surface area (Å²) in [6, 6.07) is 7.24. The molecule has 0 aliphatic heterocycles. The molecule has 0 radical (unpaired) electrons. The highest BCUT2D eigenvalue weighted by Crippen LogP contribution is 2.20. The molecule has 0 fully saturated rings. The number of hydrogen-bond acceptors (Lipinski definition) is 4. The first-order valence-electron chi connectivity index (χ1n) is 7.26. The Balaban J connectivity index is 2.14. The molecule has 122 valence electrons. The van der Waals surface area contributed by atoms with Crippen LogP contribution >= 0.6 is 11.6 Å². The van der Waals surface area contributed by atoms with Crippen molar-refractivity contribution in [2.45, 2.75) is 20.3 Å². The average molecular weight is 336 g/mol. The number of hydrogen-bond donors (Lipinski definition) is 2. The van der Waals surface area contributed by atoms with Gasteiger partial charge in [0, 0.05) is 26.4 Å². The first-order valence-corrected chi connectivity index (χ1v) is 7.64. The summed E-state index contributed by atoms with van der Waals surface area (Å²) in [5.74, 6) is 0.180. The number of carbonyl (C=O) groups excluding carboxylic acids is 2. The molecule has 0 aliphatic rings. The molecule has 0 atom stereocenters. The number of para-hydroxylation sites is 1. The molecule has 0 bridgehead atoms. The highest BCUT2D eigenvalue weighted by Gasteiger charge is 2.17. The van der Waals surface area contributed by atoms with E-state index in [4.69, 9.17) is 11.6 Å². The van der Waals surface area contributed by atoms with Gasteiger partial charge in [0.1, 0.15) is 5.82 Å². The zero-order valence-corrected chi connectivity index (χ0v) is 13.7. The average Bonchev–Trinajstić information content (AvgIpc) is 2.95. The van der Waals surface area contributed by atoms with Gasteiger partial charge in [-0.15, -0.1) is 5.10 Å². The second kappa shape index (κ2) is 7.73. The predicted octanol–water partition coefficient (Wildman–Crippen LogP) is 1.35. The van der Waals surface area contributed by atoms with E-state index in [2.05, 4.69) is 20.7 Å². The molecule has 2 aromatic rings. The first kappa shape index (κ1) is 17.0. The molecule has 0 spiro atoms. The lowest BCUT2D eigenvalue weighted by molar-refractivity contribution is -0.118. The van der Waals surface area contributed by atoms with E-state index in [0.29, 0.717) is 36.0 Å². The van der Waals surface area contributed by atoms with Crippen molar-refractivity contribution in [3.8, 4) is 5.69 Å². The van der Waals surface area contributed by atoms with E-state index in [1.54, 1.807) is 10.7 Å². The van der Waals surface area contributed by atoms with Gasteiger partial charge in [-0.1, -0.05) is 30.7 Å². The minimum atomic E-state index is -0.393. The van der Waals surface area contributed by atoms with Gasteiger partial charge in [-0.2, -0.15) is 0 Å². The molecule has 2 N–H and O–H groups in total. The second-order valence-electron chi connectivity index (χ2n) is 4.81. The summed E-state index contributed by atoms with van der Waals surface area (Å²) in [6.07, 6.45) is 0.609. The van der Waals surface area contributed by atoms with Crippen molar-refractivity contribution >= 4 is 23.4 Å². The first-order chi connectivity index (χ1) is 11.0. The maximum atomic E-state index is 12.1. The van der Waals surface area contributed by atoms with E-state index in [0.717, 1.165) is 0 Å². The predicted molar refractivity (Wildman–Crippen MR) is 86.8 cm³/mol. The standard InChI is InChI=1S/C15H18ClN5O2/c1-3-13-19-14(15(23)18-9-8-17-10(2)22)20-21(13)12-7-5-4-6-11(12)16/h4-7H,3,8-9H2,1-2H3,(H,17,22)(H,18,23). The quantitative estimate of drug-likeness (QED) is 0.780. The van der Waals surface area contributed by atoms with Gasteiger partial charge >= 0.3 is 0 Å². The Hall–Kier alpha value is -2.41. The summed E-state index contributed by atoms with van der Waals surface area (Å²) >= 11 is 6.18. The number of nitrogens with one attached hydrogen (secondary N) is 2. The topological polar surface area (TPSA) is 88.9 Å². The van der Waals surface area contributed by atoms with Crippen molar-refractivity contribution in [1.29, 1.82) is 0 Å². The maximum Gasteiger partial charge on any atom is 0.291 e. The lowest BCUT2D eigenvalue weighted by Gasteiger charge is -2.05. The third-order valence-corrected chi connectivity index (χ3v) is 3.38. The van der Waals surface area contributed by atoms with Crippen LogP contribution in [-0.2, 0) is 11.2 Å². The monoisotopic (exact) mass is 335 g/mol. The van der Waals surface area contributed by atoms with E-state index in [9.17, 15) is 9.59 Å². The highest BCUT2D eigenvalue weighted by atomic mass is 35.5. The minimum Gasteiger partial charge on any atom is -0.355 e. The van der Waals surface area contributed by atoms with Crippen molar-refractivity contribution < 1.29 is 9.59 Å². The number of aromatic nitrogens is 3. The molecule has 0 saturated carbocycles. The normalized spacial score (nSPS) is 10.4. The van der Waals surface area contributed by atoms with Gasteiger partial charge in [-0.25, -0.2) is 9.67 Å². The zero-order chi connectivity index (χ0) is 16.8. The number of nitrogens with zero attached hydrogens (tertiary/aromatic N) is 3. The number of benzene rings is 1. The molecule has 1 aromatic carbocycles. The lowest BCUT2D eigenvalue weighted by Crippen LogP contribution is -2.34. The molecule has 1 heterocycles. The van der Waals surface area contributed by atoms with Crippen molar-refractivity contribution in [3.05, 3.63) is 40.9 Å². The fraction of sp³-hybridized carbons (Fsp3) is 0.333. The second-order valence-corrected chi connectivity index (χ2v) is 5.21. The van der Waals surface area contributed by atoms with Crippen LogP contribution in [-0.4, -0.2) is 39.7 Å². The smallest absolute Gasteiger partial charge is 0.291 e. The minimum absolute atomic E-state index is 0.0737. The summed E-state index contributed by atoms with van der Waals surface area (Å²) in [5.41, 5.74) is 0.677. The number of halogens is 1. The van der Waals surface area contributed by atoms with Gasteiger partial charge in [-0.05, 0) is 12.1 Å². The summed E-state index contributed by atoms with van der Waals surface area (Å²) in [5, 5.41) is 10.0. The van der Waals surface area contributed by atoms with Gasteiger partial charge < -0.3 is 10.6 Å². The van der Waals surface area contributed by atoms with Gasteiger partial charge in [0.25, 0.3) is 5.91 Å². The summed E-state index contributed by atoms with van der Waals surface area (Å²) in [6.45, 7) is 4.01. The van der Waals surface area contributed by atoms with Gasteiger partial charge in [0.05, 0.1) is 10.7 Å². The van der Waals surface area contributed by atoms with Crippen LogP contribution in [0.2, 0.25) is 5.02 Å². The molecule has 2 rings (SSSR count). The van der Waals surface area contributed by atoms with Crippen LogP contribution < -0.4 is 10.6 Å². The summed E-state index contributed by atoms with van der Waals surface area (Å²) in [4.78, 5) is 27.1. The van der Waals surface area contributed by atoms with E-state index < -0.39 is 5.91 Å². The molecule has 1 aromatic heterocycles. The number of amides is 2. The number of aryl methyl sites for hydroxylation is 1. The Morgan fingerprint density at radius 2 is 1.91 bits per heavy atom. The third kappa shape index (κ3) is 4.29. The third-order valence-electron chi connectivity index (χ3n) is 3.06. The highest BCUT2D eigenvalue weighted by molar-refractivity contribution is 6.32. The molecule has 8 heteroatoms. The van der Waals surface area contributed by atoms with Crippen molar-refractivity contribution in [3.63, 3.8) is 0 Å². The van der Waals surface area contributed by atoms with Crippen LogP contribution in [0, 0.1) is 0 Å². The fourth-order valence-corrected chi connectivity index (χ4v) is 2.20. The lowest BCUT2D eigenvalue weighted by atomic mass is 10.3. The molecular formula is C15H18ClN5O2. The zero-order valence-electron chi connectivity index (χ0n) is 13.0. The Bertz CT molecular complexity index is 714. The van der Waals surface area contributed by atoms with Gasteiger partial charge in [-0.3, -0.25) is 9.59 Å². The van der Waals surface area contributed by atoms with E-state index in [1.165, 1.54) is 6.92 Å². The molecule has 0 aliphatic carbocycles. The van der Waals surface area contributed by atoms with Crippen LogP contribution in [0.3, 0.4) is 0 Å². The number of rotatable bonds is 6. The van der Waals surface area contributed by atoms with E-state index in [-0.39, 0.29) is 11.7 Å². The Morgan fingerprint density at radius 1 is 1.22 bits per heavy atom. The Morgan fingerprint density at radius 3 is 2.57 bits per heavy atom. The van der Waals surface area contributed by atoms with Crippen LogP contribution in [0.4, 0.5) is 0 Å². The number of carbonyl (C=O) groups is 2. The Labute approximate surface area is 139 Å². The molecule has 2 amide bonds. The SMILES string of the molecule is CCc1nc(C(=O)NCCNC(C)=O)nn1-c1ccccc1Cl. The molecule has 0 unspecified atom stereocenters. The molecule has 23 heavy (non-hydrogen) atoms. The molecule has 0 saturated heterocycles. The van der Waals surface area contributed by atoms with Gasteiger partial charge in [0.15, 0.2) is 0 Å². The largest absolute Gasteiger partial charge is 0.355 e. The van der Waals surface area contributed by atoms with Crippen molar-refractivity contribution in [2.24, 2.45) is 0 Å². The fourth-order valence-electron chi connectivity index (χ4n) is 1.98. The maximum absolute atomic E-state index is 12.1. The molecule has 7 nitrogen and oxygen atoms in total. The van der Waals surface area contributed by atoms with E-state index in [1.807, 2.05) is 25.1 Å². The van der Waals surface area contributed by atoms with Crippen molar-refractivity contribution in [1.82, 2.24) is 25.4 Å². The van der Waals surface area contributed by atoms with Crippen LogP contribution in [0.25, 0.3) is 5.69 Å². The van der Waals surface area contributed by atoms with Crippen LogP contribution in [0.1, 0.15) is 30.3 Å². The van der Waals surface area contributed by atoms with Crippen LogP contribution in [0.5, 0.6) is 0 Å². The summed E-state index contributed by atoms with van der Waals surface area (Å²) in [7, 11) is 0. The van der Waals surface area contributed by atoms with E-state index >= 15 is 0 Å². The Kier molecular flexibility index (Phi) is 5.70.